The largest absolute Gasteiger partial charge is 0.468 e. The second kappa shape index (κ2) is 6.50. The minimum atomic E-state index is -0.633. The Hall–Kier alpha value is -3.10. The van der Waals surface area contributed by atoms with Gasteiger partial charge in [-0.3, -0.25) is 14.5 Å². The molecule has 2 saturated heterocycles. The molecule has 0 aromatic heterocycles. The lowest BCUT2D eigenvalue weighted by atomic mass is 10.1. The number of anilines is 1. The lowest BCUT2D eigenvalue weighted by Gasteiger charge is -2.40. The van der Waals surface area contributed by atoms with Crippen LogP contribution in [0.1, 0.15) is 11.1 Å². The monoisotopic (exact) mass is 385 g/mol. The Morgan fingerprint density at radius 2 is 2.00 bits per heavy atom. The standard InChI is InChI=1S/C19H23N5O4/c1-11-5-6-12(2)13(9-11)22-7-8-23-15-16(20-18(22)23)21(3)19(27)24(17(15)26)10-14(25)28-4/h5-6,9,15-16H,7-8,10H2,1-4H3. The van der Waals surface area contributed by atoms with Crippen molar-refractivity contribution in [2.45, 2.75) is 26.1 Å². The lowest BCUT2D eigenvalue weighted by molar-refractivity contribution is -0.148. The van der Waals surface area contributed by atoms with Gasteiger partial charge in [0.1, 0.15) is 6.54 Å². The van der Waals surface area contributed by atoms with Crippen LogP contribution in [0.4, 0.5) is 10.5 Å². The maximum atomic E-state index is 13.1. The van der Waals surface area contributed by atoms with Crippen molar-refractivity contribution in [2.24, 2.45) is 4.99 Å². The van der Waals surface area contributed by atoms with Crippen LogP contribution in [0.15, 0.2) is 23.2 Å². The summed E-state index contributed by atoms with van der Waals surface area (Å²) in [5.74, 6) is -0.359. The number of carbonyl (C=O) groups is 3. The van der Waals surface area contributed by atoms with Gasteiger partial charge in [-0.05, 0) is 31.0 Å². The highest BCUT2D eigenvalue weighted by Gasteiger charge is 2.55. The SMILES string of the molecule is COC(=O)CN1C(=O)C2C(N=C3N(c4cc(C)ccc4C)CCN32)N(C)C1=O. The number of methoxy groups -OCH3 is 1. The second-order valence-corrected chi connectivity index (χ2v) is 7.32. The van der Waals surface area contributed by atoms with Gasteiger partial charge in [0, 0.05) is 25.8 Å². The van der Waals surface area contributed by atoms with Crippen LogP contribution in [0.3, 0.4) is 0 Å². The van der Waals surface area contributed by atoms with E-state index in [-0.39, 0.29) is 0 Å². The fourth-order valence-corrected chi connectivity index (χ4v) is 4.01. The molecule has 3 aliphatic rings. The quantitative estimate of drug-likeness (QED) is 0.707. The van der Waals surface area contributed by atoms with Gasteiger partial charge in [0.2, 0.25) is 5.96 Å². The van der Waals surface area contributed by atoms with Crippen LogP contribution in [0.25, 0.3) is 0 Å². The van der Waals surface area contributed by atoms with Crippen LogP contribution < -0.4 is 4.90 Å². The minimum absolute atomic E-state index is 0.397. The van der Waals surface area contributed by atoms with E-state index in [1.807, 2.05) is 18.7 Å². The van der Waals surface area contributed by atoms with Gasteiger partial charge >= 0.3 is 12.0 Å². The van der Waals surface area contributed by atoms with E-state index in [2.05, 4.69) is 27.8 Å². The van der Waals surface area contributed by atoms with Crippen molar-refractivity contribution in [1.29, 1.82) is 0 Å². The maximum Gasteiger partial charge on any atom is 0.328 e. The highest BCUT2D eigenvalue weighted by atomic mass is 16.5. The molecule has 9 heteroatoms. The highest BCUT2D eigenvalue weighted by molar-refractivity contribution is 6.09. The molecule has 0 bridgehead atoms. The molecule has 2 atom stereocenters. The van der Waals surface area contributed by atoms with E-state index in [4.69, 9.17) is 4.99 Å². The van der Waals surface area contributed by atoms with Crippen molar-refractivity contribution < 1.29 is 19.1 Å². The molecule has 0 saturated carbocycles. The molecule has 3 heterocycles. The summed E-state index contributed by atoms with van der Waals surface area (Å²) in [6, 6.07) is 5.06. The molecular formula is C19H23N5O4. The third-order valence-electron chi connectivity index (χ3n) is 5.55. The number of benzene rings is 1. The van der Waals surface area contributed by atoms with Gasteiger partial charge in [0.15, 0.2) is 12.2 Å². The molecule has 4 rings (SSSR count). The number of aryl methyl sites for hydroxylation is 2. The second-order valence-electron chi connectivity index (χ2n) is 7.32. The number of hydrogen-bond donors (Lipinski definition) is 0. The number of aliphatic imine (C=N–C) groups is 1. The Bertz CT molecular complexity index is 898. The molecule has 2 unspecified atom stereocenters. The number of hydrogen-bond acceptors (Lipinski definition) is 7. The van der Waals surface area contributed by atoms with E-state index in [1.54, 1.807) is 7.05 Å². The third kappa shape index (κ3) is 2.61. The number of esters is 1. The van der Waals surface area contributed by atoms with E-state index in [1.165, 1.54) is 12.0 Å². The third-order valence-corrected chi connectivity index (χ3v) is 5.55. The summed E-state index contributed by atoms with van der Waals surface area (Å²) in [4.78, 5) is 48.5. The van der Waals surface area contributed by atoms with Crippen molar-refractivity contribution >= 4 is 29.6 Å². The molecule has 148 valence electrons. The molecule has 3 amide bonds. The fourth-order valence-electron chi connectivity index (χ4n) is 4.01. The van der Waals surface area contributed by atoms with Crippen molar-refractivity contribution in [3.63, 3.8) is 0 Å². The normalized spacial score (nSPS) is 23.8. The Balaban J connectivity index is 1.67. The number of amides is 3. The summed E-state index contributed by atoms with van der Waals surface area (Å²) in [6.07, 6.45) is -0.600. The molecule has 0 radical (unpaired) electrons. The predicted molar refractivity (Wildman–Crippen MR) is 102 cm³/mol. The highest BCUT2D eigenvalue weighted by Crippen LogP contribution is 2.34. The average Bonchev–Trinajstić information content (AvgIpc) is 3.24. The number of ether oxygens (including phenoxy) is 1. The van der Waals surface area contributed by atoms with Gasteiger partial charge in [-0.2, -0.15) is 0 Å². The molecule has 28 heavy (non-hydrogen) atoms. The van der Waals surface area contributed by atoms with Gasteiger partial charge in [0.25, 0.3) is 5.91 Å². The summed E-state index contributed by atoms with van der Waals surface area (Å²) < 4.78 is 4.63. The first-order chi connectivity index (χ1) is 13.3. The molecular weight excluding hydrogens is 362 g/mol. The number of nitrogens with zero attached hydrogens (tertiary/aromatic N) is 5. The van der Waals surface area contributed by atoms with Crippen LogP contribution in [0.5, 0.6) is 0 Å². The molecule has 2 fully saturated rings. The smallest absolute Gasteiger partial charge is 0.328 e. The molecule has 0 N–H and O–H groups in total. The van der Waals surface area contributed by atoms with Crippen molar-refractivity contribution in [2.75, 3.05) is 38.7 Å². The van der Waals surface area contributed by atoms with Crippen LogP contribution >= 0.6 is 0 Å². The summed E-state index contributed by atoms with van der Waals surface area (Å²) in [6.45, 7) is 5.00. The number of likely N-dealkylation sites (N-methyl/N-ethyl adjacent to an activating group) is 1. The number of guanidine groups is 1. The van der Waals surface area contributed by atoms with E-state index < -0.39 is 36.7 Å². The summed E-state index contributed by atoms with van der Waals surface area (Å²) >= 11 is 0. The van der Waals surface area contributed by atoms with Crippen molar-refractivity contribution in [3.05, 3.63) is 29.3 Å². The van der Waals surface area contributed by atoms with Gasteiger partial charge in [0.05, 0.1) is 7.11 Å². The molecule has 1 aromatic rings. The zero-order valence-electron chi connectivity index (χ0n) is 16.4. The average molecular weight is 385 g/mol. The number of rotatable bonds is 3. The van der Waals surface area contributed by atoms with Crippen LogP contribution in [0, 0.1) is 13.8 Å². The number of carbonyl (C=O) groups excluding carboxylic acids is 3. The summed E-state index contributed by atoms with van der Waals surface area (Å²) in [7, 11) is 2.83. The molecule has 0 spiro atoms. The van der Waals surface area contributed by atoms with Crippen molar-refractivity contribution in [3.8, 4) is 0 Å². The number of fused-ring (bicyclic) bond motifs is 3. The first-order valence-corrected chi connectivity index (χ1v) is 9.17. The first-order valence-electron chi connectivity index (χ1n) is 9.17. The predicted octanol–water partition coefficient (Wildman–Crippen LogP) is 0.557. The number of urea groups is 1. The maximum absolute atomic E-state index is 13.1. The Labute approximate surface area is 163 Å². The molecule has 0 aliphatic carbocycles. The topological polar surface area (TPSA) is 85.8 Å². The molecule has 1 aromatic carbocycles. The van der Waals surface area contributed by atoms with Gasteiger partial charge < -0.3 is 19.4 Å². The minimum Gasteiger partial charge on any atom is -0.468 e. The Kier molecular flexibility index (Phi) is 4.24. The molecule has 9 nitrogen and oxygen atoms in total. The van der Waals surface area contributed by atoms with Crippen LogP contribution in [0.2, 0.25) is 0 Å². The zero-order chi connectivity index (χ0) is 20.2. The van der Waals surface area contributed by atoms with Gasteiger partial charge in [-0.15, -0.1) is 0 Å². The summed E-state index contributed by atoms with van der Waals surface area (Å²) in [5, 5.41) is 0. The lowest BCUT2D eigenvalue weighted by Crippen LogP contribution is -2.65. The van der Waals surface area contributed by atoms with E-state index in [0.717, 1.165) is 21.7 Å². The fraction of sp³-hybridized carbons (Fsp3) is 0.474. The molecule has 3 aliphatic heterocycles. The van der Waals surface area contributed by atoms with E-state index >= 15 is 0 Å². The van der Waals surface area contributed by atoms with Gasteiger partial charge in [-0.25, -0.2) is 9.79 Å². The first kappa shape index (κ1) is 18.3. The number of imide groups is 1. The summed E-state index contributed by atoms with van der Waals surface area (Å²) in [5.41, 5.74) is 3.31. The Morgan fingerprint density at radius 1 is 1.25 bits per heavy atom. The van der Waals surface area contributed by atoms with E-state index in [0.29, 0.717) is 19.0 Å². The Morgan fingerprint density at radius 3 is 2.71 bits per heavy atom. The van der Waals surface area contributed by atoms with Crippen LogP contribution in [-0.4, -0.2) is 84.6 Å². The van der Waals surface area contributed by atoms with Crippen molar-refractivity contribution in [1.82, 2.24) is 14.7 Å². The van der Waals surface area contributed by atoms with E-state index in [9.17, 15) is 14.4 Å². The van der Waals surface area contributed by atoms with Crippen LogP contribution in [-0.2, 0) is 14.3 Å². The van der Waals surface area contributed by atoms with Gasteiger partial charge in [-0.1, -0.05) is 12.1 Å². The zero-order valence-corrected chi connectivity index (χ0v) is 16.4.